The van der Waals surface area contributed by atoms with Crippen LogP contribution in [-0.4, -0.2) is 199 Å². The van der Waals surface area contributed by atoms with Crippen molar-refractivity contribution < 1.29 is 53.0 Å². The molecule has 2 aliphatic rings. The number of anilines is 11. The first-order chi connectivity index (χ1) is 64.4. The van der Waals surface area contributed by atoms with Gasteiger partial charge in [-0.05, 0) is 97.5 Å². The molecule has 42 nitrogen and oxygen atoms in total. The van der Waals surface area contributed by atoms with Gasteiger partial charge in [-0.15, -0.1) is 0 Å². The number of hydrogen-bond acceptors (Lipinski definition) is 33. The average molecular weight is 1800 g/mol. The van der Waals surface area contributed by atoms with Gasteiger partial charge in [-0.1, -0.05) is 12.1 Å². The van der Waals surface area contributed by atoms with Gasteiger partial charge in [0.2, 0.25) is 17.6 Å². The van der Waals surface area contributed by atoms with Crippen LogP contribution in [0.4, 0.5) is 63.6 Å². The monoisotopic (exact) mass is 1800 g/mol. The lowest BCUT2D eigenvalue weighted by atomic mass is 9.92. The van der Waals surface area contributed by atoms with Gasteiger partial charge >= 0.3 is 11.9 Å². The van der Waals surface area contributed by atoms with E-state index in [2.05, 4.69) is 82.0 Å². The maximum absolute atomic E-state index is 11.7. The van der Waals surface area contributed by atoms with Crippen molar-refractivity contribution >= 4 is 104 Å². The summed E-state index contributed by atoms with van der Waals surface area (Å²) in [6.07, 6.45) is 28.6. The van der Waals surface area contributed by atoms with Crippen LogP contribution in [0.15, 0.2) is 208 Å². The Labute approximate surface area is 759 Å². The standard InChI is InChI=1S/C20H20N6O3.C19H18N6O3.C18H22N6O2.C17H17N7O.C17H20N6O2/c1-27-15-6-4-12(8-16(15)28-2)14-11-23-26-17(21)9-18(25-20(14)26)24-13-5-7-19(29-3)22-10-13;1-27-15-7-11(3-5-14(15)26)13-10-22-25-16(20)8-17(24-19(13)25)23-12-4-6-18(28-2)21-9-12;1-23-6-5-12(10-23)13-9-21-24-16(19)7-15(22-17(13)24)11-3-4-14(20-8-11)18(25)26-2;1-23-6-5-11(10-23)13-9-20-24-14(18)7-15(22-17(13)24)21-12-3-4-16(25-2)19-8-12;1-22-5-4-11(9-22)12-8-20-23-15(18)6-14(21-16(12)23)10-2-3-13(17(24)25)19-7-10/h4-11H,21H2,1-3H3,(H,24,25);3-10,26H,20H2,1-2H3,(H,23,24);5-7,9-11,14,20H,3-4,8,19H2,1-2H3;3-10H,18H2,1-2H3,(H,21,22);4-6,8-10,13,19H,2-3,7,18H2,1H3,(H,24,25)/t;;11-,14-;;/m..0../s1. The number of nitrogens with one attached hydrogen (secondary N) is 5. The minimum Gasteiger partial charge on any atom is -0.504 e. The number of nitrogens with zero attached hydrogens (tertiary/aromatic N) is 21. The summed E-state index contributed by atoms with van der Waals surface area (Å²) in [6, 6.07) is 35.7. The normalized spacial score (nSPS) is 14.6. The minimum absolute atomic E-state index is 0.0598. The van der Waals surface area contributed by atoms with E-state index in [1.54, 1.807) is 162 Å². The fourth-order valence-corrected chi connectivity index (χ4v) is 15.4. The lowest BCUT2D eigenvalue weighted by molar-refractivity contribution is -0.144. The van der Waals surface area contributed by atoms with Crippen LogP contribution in [0.1, 0.15) is 48.9 Å². The van der Waals surface area contributed by atoms with Crippen molar-refractivity contribution in [3.05, 3.63) is 219 Å². The molecule has 0 spiro atoms. The maximum Gasteiger partial charge on any atom is 0.322 e. The zero-order chi connectivity index (χ0) is 93.3. The maximum atomic E-state index is 11.7. The van der Waals surface area contributed by atoms with Gasteiger partial charge in [0.25, 0.3) is 0 Å². The number of nitrogens with two attached hydrogens (primary N) is 5. The minimum atomic E-state index is -0.802. The fourth-order valence-electron chi connectivity index (χ4n) is 15.4. The van der Waals surface area contributed by atoms with Crippen molar-refractivity contribution in [1.29, 1.82) is 0 Å². The van der Waals surface area contributed by atoms with E-state index in [0.29, 0.717) is 118 Å². The molecule has 2 fully saturated rings. The number of esters is 1. The molecule has 682 valence electrons. The highest BCUT2D eigenvalue weighted by molar-refractivity contribution is 5.85. The zero-order valence-corrected chi connectivity index (χ0v) is 74.0. The third-order valence-electron chi connectivity index (χ3n) is 22.3. The van der Waals surface area contributed by atoms with E-state index in [0.717, 1.165) is 115 Å². The molecule has 20 rings (SSSR count). The van der Waals surface area contributed by atoms with E-state index in [4.69, 9.17) is 76.9 Å². The van der Waals surface area contributed by atoms with Crippen LogP contribution < -0.4 is 83.7 Å². The van der Waals surface area contributed by atoms with E-state index in [-0.39, 0.29) is 29.6 Å². The number of rotatable bonds is 21. The third-order valence-corrected chi connectivity index (χ3v) is 22.3. The van der Waals surface area contributed by atoms with Crippen LogP contribution in [0.3, 0.4) is 0 Å². The van der Waals surface area contributed by atoms with Crippen molar-refractivity contribution in [3.63, 3.8) is 0 Å². The Bertz CT molecular complexity index is 7190. The number of phenols is 1. The van der Waals surface area contributed by atoms with Crippen LogP contribution in [0.5, 0.6) is 40.6 Å². The quantitative estimate of drug-likeness (QED) is 0.0297. The summed E-state index contributed by atoms with van der Waals surface area (Å²) in [4.78, 5) is 58.9. The highest BCUT2D eigenvalue weighted by Gasteiger charge is 2.31. The molecule has 17 N–H and O–H groups in total. The predicted molar refractivity (Wildman–Crippen MR) is 502 cm³/mol. The molecular weight excluding hydrogens is 1700 g/mol. The summed E-state index contributed by atoms with van der Waals surface area (Å²) in [5.74, 6) is 6.81. The lowest BCUT2D eigenvalue weighted by Crippen LogP contribution is -2.44. The second kappa shape index (κ2) is 39.1. The fraction of sp³-hybridized carbons (Fsp3) is 0.220. The topological polar surface area (TPSA) is 534 Å². The van der Waals surface area contributed by atoms with Gasteiger partial charge in [0.1, 0.15) is 58.6 Å². The molecule has 16 aromatic heterocycles. The van der Waals surface area contributed by atoms with E-state index in [9.17, 15) is 14.7 Å². The van der Waals surface area contributed by atoms with Gasteiger partial charge in [0.15, 0.2) is 51.2 Å². The van der Waals surface area contributed by atoms with Crippen LogP contribution in [0.2, 0.25) is 0 Å². The number of phenolic OH excluding ortho intramolecular Hbond substituents is 1. The van der Waals surface area contributed by atoms with Gasteiger partial charge in [-0.3, -0.25) is 9.59 Å². The van der Waals surface area contributed by atoms with Crippen molar-refractivity contribution in [3.8, 4) is 96.3 Å². The van der Waals surface area contributed by atoms with Gasteiger partial charge < -0.3 is 112 Å². The second-order valence-electron chi connectivity index (χ2n) is 31.0. The number of carboxylic acid groups (broad SMARTS) is 1. The zero-order valence-electron chi connectivity index (χ0n) is 74.0. The third kappa shape index (κ3) is 19.6. The first kappa shape index (κ1) is 89.1. The van der Waals surface area contributed by atoms with Gasteiger partial charge in [-0.25, -0.2) is 39.9 Å². The molecule has 4 atom stereocenters. The van der Waals surface area contributed by atoms with E-state index in [1.165, 1.54) is 14.2 Å². The smallest absolute Gasteiger partial charge is 0.322 e. The summed E-state index contributed by atoms with van der Waals surface area (Å²) in [7, 11) is 16.7. The number of ether oxygens (including phenoxy) is 7. The van der Waals surface area contributed by atoms with Gasteiger partial charge in [-0.2, -0.15) is 48.1 Å². The Hall–Kier alpha value is -17.3. The summed E-state index contributed by atoms with van der Waals surface area (Å²) in [5, 5.41) is 56.6. The highest BCUT2D eigenvalue weighted by atomic mass is 16.5. The molecule has 0 radical (unpaired) electrons. The number of hydrogen-bond donors (Lipinski definition) is 12. The van der Waals surface area contributed by atoms with Crippen molar-refractivity contribution in [2.45, 2.75) is 49.6 Å². The van der Waals surface area contributed by atoms with E-state index < -0.39 is 12.0 Å². The Balaban J connectivity index is 0.000000121. The number of nitrogen functional groups attached to an aromatic ring is 5. The van der Waals surface area contributed by atoms with Crippen molar-refractivity contribution in [2.75, 3.05) is 107 Å². The van der Waals surface area contributed by atoms with Crippen molar-refractivity contribution in [2.24, 2.45) is 21.1 Å². The molecule has 2 unspecified atom stereocenters. The molecule has 18 heterocycles. The number of carbonyl (C=O) groups excluding carboxylic acids is 1. The molecule has 2 aromatic carbocycles. The molecule has 0 bridgehead atoms. The number of carboxylic acids is 1. The Morgan fingerprint density at radius 1 is 0.376 bits per heavy atom. The number of aliphatic carboxylic acids is 1. The predicted octanol–water partition coefficient (Wildman–Crippen LogP) is 11.0. The summed E-state index contributed by atoms with van der Waals surface area (Å²) in [5.41, 5.74) is 47.5. The van der Waals surface area contributed by atoms with Crippen LogP contribution in [0, 0.1) is 0 Å². The van der Waals surface area contributed by atoms with E-state index >= 15 is 0 Å². The number of benzene rings is 2. The lowest BCUT2D eigenvalue weighted by Gasteiger charge is -2.28. The summed E-state index contributed by atoms with van der Waals surface area (Å²) in [6.45, 7) is 1.24. The number of piperidine rings is 2. The Kier molecular flexibility index (Phi) is 26.2. The molecule has 18 aromatic rings. The molecule has 2 saturated heterocycles. The van der Waals surface area contributed by atoms with Gasteiger partial charge in [0.05, 0.1) is 128 Å². The highest BCUT2D eigenvalue weighted by Crippen LogP contribution is 2.39. The number of pyridine rings is 3. The van der Waals surface area contributed by atoms with Crippen LogP contribution in [0.25, 0.3) is 83.9 Å². The van der Waals surface area contributed by atoms with Crippen molar-refractivity contribution in [1.82, 2.24) is 112 Å². The number of carbonyl (C=O) groups is 2. The van der Waals surface area contributed by atoms with E-state index in [1.807, 2.05) is 139 Å². The summed E-state index contributed by atoms with van der Waals surface area (Å²) < 4.78 is 49.9. The molecule has 0 saturated carbocycles. The molecular formula is C91H97N31O11. The molecule has 42 heteroatoms. The average Bonchev–Trinajstić information content (AvgIpc) is 1.64. The SMILES string of the molecule is COC(=O)[C@@H]1CC[C@H](c2cc(N)n3ncc(-c4ccn(C)c4)c3n2)CN1.COc1ccc(Nc2cc(N)n3ncc(-c4ccc(O)c(OC)c4)c3n2)cn1.COc1ccc(Nc2cc(N)n3ncc(-c4ccc(OC)c(OC)c4)c3n2)cn1.COc1ccc(Nc2cc(N)n3ncc(-c4ccn(C)c4)c3n2)cn1.Cn1ccc(-c2cnn3c(N)cc(C4CCC(C(=O)O)NC4)nc23)c1. The number of aryl methyl sites for hydroxylation is 3. The largest absolute Gasteiger partial charge is 0.504 e. The number of aromatic nitrogens is 21. The first-order valence-electron chi connectivity index (χ1n) is 41.7. The second-order valence-corrected chi connectivity index (χ2v) is 31.0. The Morgan fingerprint density at radius 3 is 1.02 bits per heavy atom. The first-order valence-corrected chi connectivity index (χ1v) is 41.7. The molecule has 0 amide bonds. The van der Waals surface area contributed by atoms with Crippen LogP contribution >= 0.6 is 0 Å². The Morgan fingerprint density at radius 2 is 0.714 bits per heavy atom. The molecule has 0 aliphatic carbocycles. The number of methoxy groups -OCH3 is 7. The van der Waals surface area contributed by atoms with Crippen LogP contribution in [-0.2, 0) is 35.5 Å². The number of aromatic hydroxyl groups is 1. The molecule has 133 heavy (non-hydrogen) atoms. The number of fused-ring (bicyclic) bond motifs is 5. The summed E-state index contributed by atoms with van der Waals surface area (Å²) >= 11 is 0. The van der Waals surface area contributed by atoms with Gasteiger partial charge in [0, 0.05) is 176 Å². The molecule has 2 aliphatic heterocycles.